The van der Waals surface area contributed by atoms with Crippen molar-refractivity contribution in [3.05, 3.63) is 54.4 Å². The number of hydrogen-bond acceptors (Lipinski definition) is 9. The molecule has 1 aliphatic heterocycles. The maximum atomic E-state index is 11.2. The summed E-state index contributed by atoms with van der Waals surface area (Å²) in [6, 6.07) is 9.61. The number of carbonyl (C=O) groups excluding carboxylic acids is 1. The molecule has 1 saturated heterocycles. The fourth-order valence-electron chi connectivity index (χ4n) is 3.15. The predicted octanol–water partition coefficient (Wildman–Crippen LogP) is 0.530. The number of carbonyl (C=O) groups is 3. The molecule has 12 heteroatoms. The van der Waals surface area contributed by atoms with Crippen LogP contribution in [-0.4, -0.2) is 89.3 Å². The molecule has 2 heterocycles. The van der Waals surface area contributed by atoms with Crippen LogP contribution in [0.4, 0.5) is 11.6 Å². The zero-order valence-electron chi connectivity index (χ0n) is 18.8. The van der Waals surface area contributed by atoms with Gasteiger partial charge in [-0.1, -0.05) is 12.1 Å². The molecule has 1 aliphatic rings. The maximum absolute atomic E-state index is 11.2. The Bertz CT molecular complexity index is 991. The zero-order chi connectivity index (χ0) is 24.9. The van der Waals surface area contributed by atoms with Gasteiger partial charge in [-0.15, -0.1) is 0 Å². The number of nitrogens with one attached hydrogen (secondary N) is 1. The highest BCUT2D eigenvalue weighted by Crippen LogP contribution is 2.28. The van der Waals surface area contributed by atoms with Crippen molar-refractivity contribution in [3.63, 3.8) is 0 Å². The second-order valence-electron chi connectivity index (χ2n) is 7.07. The van der Waals surface area contributed by atoms with E-state index in [4.69, 9.17) is 20.7 Å². The van der Waals surface area contributed by atoms with Gasteiger partial charge < -0.3 is 30.9 Å². The highest BCUT2D eigenvalue weighted by atomic mass is 16.5. The van der Waals surface area contributed by atoms with Crippen LogP contribution in [0.3, 0.4) is 0 Å². The van der Waals surface area contributed by atoms with Crippen LogP contribution in [0.2, 0.25) is 0 Å². The number of benzene rings is 1. The summed E-state index contributed by atoms with van der Waals surface area (Å²) in [7, 11) is 1.70. The average molecular weight is 473 g/mol. The molecule has 1 fully saturated rings. The molecule has 0 radical (unpaired) electrons. The molecule has 1 aromatic heterocycles. The molecule has 1 aromatic carbocycles. The number of aliphatic carboxylic acids is 2. The lowest BCUT2D eigenvalue weighted by atomic mass is 10.2. The largest absolute Gasteiger partial charge is 0.495 e. The minimum atomic E-state index is -1.26. The van der Waals surface area contributed by atoms with Gasteiger partial charge >= 0.3 is 11.9 Å². The summed E-state index contributed by atoms with van der Waals surface area (Å²) in [6.07, 6.45) is 2.64. The lowest BCUT2D eigenvalue weighted by molar-refractivity contribution is -0.134. The summed E-state index contributed by atoms with van der Waals surface area (Å²) in [6.45, 7) is 5.44. The molecule has 0 bridgehead atoms. The van der Waals surface area contributed by atoms with E-state index < -0.39 is 17.8 Å². The third-order valence-corrected chi connectivity index (χ3v) is 4.79. The van der Waals surface area contributed by atoms with Crippen LogP contribution in [0.5, 0.6) is 5.75 Å². The molecule has 1 amide bonds. The lowest BCUT2D eigenvalue weighted by Gasteiger charge is -2.36. The van der Waals surface area contributed by atoms with Crippen LogP contribution >= 0.6 is 0 Å². The summed E-state index contributed by atoms with van der Waals surface area (Å²) in [5, 5.41) is 18.8. The van der Waals surface area contributed by atoms with E-state index in [0.717, 1.165) is 44.2 Å². The van der Waals surface area contributed by atoms with E-state index in [9.17, 15) is 14.4 Å². The molecule has 0 atom stereocenters. The first-order valence-corrected chi connectivity index (χ1v) is 10.4. The van der Waals surface area contributed by atoms with Crippen LogP contribution in [-0.2, 0) is 9.59 Å². The van der Waals surface area contributed by atoms with Gasteiger partial charge in [0, 0.05) is 57.6 Å². The SMILES string of the molecule is COc1ccccc1N1CCN(CCNc2nccc(C(N)=O)n2)CC1.O=C(O)C=CC(=O)O. The van der Waals surface area contributed by atoms with Gasteiger partial charge in [-0.3, -0.25) is 9.69 Å². The normalized spacial score (nSPS) is 13.6. The molecule has 12 nitrogen and oxygen atoms in total. The second kappa shape index (κ2) is 13.4. The van der Waals surface area contributed by atoms with E-state index in [0.29, 0.717) is 24.6 Å². The number of ether oxygens (including phenoxy) is 1. The maximum Gasteiger partial charge on any atom is 0.328 e. The van der Waals surface area contributed by atoms with Crippen LogP contribution < -0.4 is 20.7 Å². The number of carboxylic acids is 2. The number of amides is 1. The van der Waals surface area contributed by atoms with Crippen LogP contribution in [0.1, 0.15) is 10.5 Å². The number of nitrogens with zero attached hydrogens (tertiary/aromatic N) is 4. The van der Waals surface area contributed by atoms with Gasteiger partial charge in [-0.05, 0) is 18.2 Å². The molecule has 3 rings (SSSR count). The summed E-state index contributed by atoms with van der Waals surface area (Å²) >= 11 is 0. The Morgan fingerprint density at radius 1 is 1.09 bits per heavy atom. The van der Waals surface area contributed by atoms with Crippen molar-refractivity contribution in [2.45, 2.75) is 0 Å². The van der Waals surface area contributed by atoms with E-state index in [2.05, 4.69) is 31.2 Å². The number of aromatic nitrogens is 2. The number of anilines is 2. The van der Waals surface area contributed by atoms with E-state index >= 15 is 0 Å². The van der Waals surface area contributed by atoms with Gasteiger partial charge in [0.25, 0.3) is 5.91 Å². The number of primary amides is 1. The highest BCUT2D eigenvalue weighted by molar-refractivity contribution is 5.91. The van der Waals surface area contributed by atoms with Crippen molar-refractivity contribution in [2.75, 3.05) is 56.6 Å². The lowest BCUT2D eigenvalue weighted by Crippen LogP contribution is -2.47. The zero-order valence-corrected chi connectivity index (χ0v) is 18.8. The first kappa shape index (κ1) is 26.1. The van der Waals surface area contributed by atoms with Crippen LogP contribution in [0, 0.1) is 0 Å². The summed E-state index contributed by atoms with van der Waals surface area (Å²) in [5.41, 5.74) is 6.59. The van der Waals surface area contributed by atoms with Crippen molar-refractivity contribution in [1.29, 1.82) is 0 Å². The Hall–Kier alpha value is -4.19. The molecular weight excluding hydrogens is 444 g/mol. The van der Waals surface area contributed by atoms with Crippen molar-refractivity contribution in [1.82, 2.24) is 14.9 Å². The summed E-state index contributed by atoms with van der Waals surface area (Å²) in [5.74, 6) is -1.73. The molecular formula is C22H28N6O6. The van der Waals surface area contributed by atoms with Crippen molar-refractivity contribution in [3.8, 4) is 5.75 Å². The fraction of sp³-hybridized carbons (Fsp3) is 0.318. The fourth-order valence-corrected chi connectivity index (χ4v) is 3.15. The predicted molar refractivity (Wildman–Crippen MR) is 125 cm³/mol. The number of para-hydroxylation sites is 2. The molecule has 0 spiro atoms. The third kappa shape index (κ3) is 8.74. The standard InChI is InChI=1S/C18H24N6O2.C4H4O4/c1-26-16-5-3-2-4-15(16)24-12-10-23(11-13-24)9-8-21-18-20-7-6-14(22-18)17(19)25;5-3(6)1-2-4(7)8/h2-7H,8-13H2,1H3,(H2,19,25)(H,20,21,22);1-2H,(H,5,6)(H,7,8). The number of piperazine rings is 1. The Balaban J connectivity index is 0.000000440. The van der Waals surface area contributed by atoms with Crippen molar-refractivity contribution < 1.29 is 29.3 Å². The Labute approximate surface area is 196 Å². The van der Waals surface area contributed by atoms with Gasteiger partial charge in [-0.2, -0.15) is 0 Å². The van der Waals surface area contributed by atoms with Gasteiger partial charge in [0.05, 0.1) is 12.8 Å². The third-order valence-electron chi connectivity index (χ3n) is 4.79. The summed E-state index contributed by atoms with van der Waals surface area (Å²) in [4.78, 5) is 43.2. The number of hydrogen-bond donors (Lipinski definition) is 4. The van der Waals surface area contributed by atoms with Crippen molar-refractivity contribution in [2.24, 2.45) is 5.73 Å². The Morgan fingerprint density at radius 3 is 2.32 bits per heavy atom. The minimum Gasteiger partial charge on any atom is -0.495 e. The molecule has 34 heavy (non-hydrogen) atoms. The quantitative estimate of drug-likeness (QED) is 0.375. The van der Waals surface area contributed by atoms with Gasteiger partial charge in [-0.25, -0.2) is 19.6 Å². The highest BCUT2D eigenvalue weighted by Gasteiger charge is 2.19. The van der Waals surface area contributed by atoms with E-state index in [1.54, 1.807) is 7.11 Å². The number of rotatable bonds is 9. The van der Waals surface area contributed by atoms with Crippen molar-refractivity contribution >= 4 is 29.5 Å². The minimum absolute atomic E-state index is 0.216. The van der Waals surface area contributed by atoms with Gasteiger partial charge in [0.1, 0.15) is 11.4 Å². The first-order chi connectivity index (χ1) is 16.3. The average Bonchev–Trinajstić information content (AvgIpc) is 2.84. The number of methoxy groups -OCH3 is 1. The molecule has 0 aliphatic carbocycles. The Kier molecular flexibility index (Phi) is 10.3. The molecule has 182 valence electrons. The van der Waals surface area contributed by atoms with E-state index in [-0.39, 0.29) is 5.69 Å². The topological polar surface area (TPSA) is 171 Å². The van der Waals surface area contributed by atoms with Gasteiger partial charge in [0.2, 0.25) is 5.95 Å². The number of nitrogens with two attached hydrogens (primary N) is 1. The molecule has 0 saturated carbocycles. The summed E-state index contributed by atoms with van der Waals surface area (Å²) < 4.78 is 5.45. The van der Waals surface area contributed by atoms with Crippen LogP contribution in [0.25, 0.3) is 0 Å². The Morgan fingerprint density at radius 2 is 1.74 bits per heavy atom. The molecule has 5 N–H and O–H groups in total. The number of carboxylic acid groups (broad SMARTS) is 2. The monoisotopic (exact) mass is 472 g/mol. The van der Waals surface area contributed by atoms with Gasteiger partial charge in [0.15, 0.2) is 0 Å². The first-order valence-electron chi connectivity index (χ1n) is 10.4. The molecule has 2 aromatic rings. The second-order valence-corrected chi connectivity index (χ2v) is 7.07. The smallest absolute Gasteiger partial charge is 0.328 e. The van der Waals surface area contributed by atoms with E-state index in [1.807, 2.05) is 18.2 Å². The molecule has 0 unspecified atom stereocenters. The van der Waals surface area contributed by atoms with Crippen LogP contribution in [0.15, 0.2) is 48.7 Å². The van der Waals surface area contributed by atoms with E-state index in [1.165, 1.54) is 12.3 Å².